The molecule has 0 spiro atoms. The van der Waals surface area contributed by atoms with Crippen LogP contribution in [0.2, 0.25) is 0 Å². The third-order valence-electron chi connectivity index (χ3n) is 2.88. The van der Waals surface area contributed by atoms with Crippen LogP contribution < -0.4 is 5.73 Å². The lowest BCUT2D eigenvalue weighted by atomic mass is 10.2. The lowest BCUT2D eigenvalue weighted by Gasteiger charge is -2.35. The Morgan fingerprint density at radius 1 is 1.21 bits per heavy atom. The van der Waals surface area contributed by atoms with Gasteiger partial charge >= 0.3 is 0 Å². The average Bonchev–Trinajstić information content (AvgIpc) is 2.21. The zero-order chi connectivity index (χ0) is 10.4. The van der Waals surface area contributed by atoms with Gasteiger partial charge in [0, 0.05) is 49.7 Å². The first-order valence-corrected chi connectivity index (χ1v) is 7.05. The van der Waals surface area contributed by atoms with Crippen LogP contribution in [-0.4, -0.2) is 59.5 Å². The van der Waals surface area contributed by atoms with Crippen LogP contribution in [-0.2, 0) is 0 Å². The van der Waals surface area contributed by atoms with Crippen molar-refractivity contribution in [1.29, 1.82) is 0 Å². The van der Waals surface area contributed by atoms with Crippen molar-refractivity contribution in [3.8, 4) is 0 Å². The number of alkyl halides is 1. The Hall–Kier alpha value is 0.610. The summed E-state index contributed by atoms with van der Waals surface area (Å²) in [4.78, 5) is 5.04. The first-order chi connectivity index (χ1) is 6.76. The fourth-order valence-corrected chi connectivity index (χ4v) is 2.46. The highest BCUT2D eigenvalue weighted by atomic mass is 127. The van der Waals surface area contributed by atoms with Crippen LogP contribution in [0.1, 0.15) is 13.3 Å². The van der Waals surface area contributed by atoms with Crippen molar-refractivity contribution in [1.82, 2.24) is 9.80 Å². The second-order valence-electron chi connectivity index (χ2n) is 4.00. The summed E-state index contributed by atoms with van der Waals surface area (Å²) in [5.74, 6) is 0. The fraction of sp³-hybridized carbons (Fsp3) is 1.00. The highest BCUT2D eigenvalue weighted by Crippen LogP contribution is 2.03. The van der Waals surface area contributed by atoms with Gasteiger partial charge in [-0.1, -0.05) is 29.5 Å². The van der Waals surface area contributed by atoms with E-state index in [-0.39, 0.29) is 0 Å². The van der Waals surface area contributed by atoms with E-state index in [4.69, 9.17) is 5.73 Å². The second kappa shape index (κ2) is 6.98. The summed E-state index contributed by atoms with van der Waals surface area (Å²) in [6, 6.07) is 0.367. The van der Waals surface area contributed by atoms with Gasteiger partial charge in [0.25, 0.3) is 0 Å². The summed E-state index contributed by atoms with van der Waals surface area (Å²) in [6.07, 6.45) is 1.09. The van der Waals surface area contributed by atoms with Crippen LogP contribution in [0.5, 0.6) is 0 Å². The van der Waals surface area contributed by atoms with Crippen LogP contribution >= 0.6 is 22.6 Å². The zero-order valence-corrected chi connectivity index (χ0v) is 11.2. The summed E-state index contributed by atoms with van der Waals surface area (Å²) >= 11 is 2.45. The first-order valence-electron chi connectivity index (χ1n) is 5.52. The molecule has 1 atom stereocenters. The first kappa shape index (κ1) is 12.7. The van der Waals surface area contributed by atoms with Crippen molar-refractivity contribution < 1.29 is 0 Å². The summed E-state index contributed by atoms with van der Waals surface area (Å²) in [7, 11) is 0. The third kappa shape index (κ3) is 4.42. The molecule has 1 fully saturated rings. The van der Waals surface area contributed by atoms with Gasteiger partial charge < -0.3 is 10.6 Å². The van der Waals surface area contributed by atoms with Crippen LogP contribution in [0.15, 0.2) is 0 Å². The van der Waals surface area contributed by atoms with E-state index < -0.39 is 0 Å². The van der Waals surface area contributed by atoms with E-state index in [9.17, 15) is 0 Å². The van der Waals surface area contributed by atoms with E-state index in [1.54, 1.807) is 0 Å². The van der Waals surface area contributed by atoms with Gasteiger partial charge in [0.2, 0.25) is 0 Å². The number of nitrogens with zero attached hydrogens (tertiary/aromatic N) is 2. The van der Waals surface area contributed by atoms with Gasteiger partial charge in [0.15, 0.2) is 0 Å². The number of piperazine rings is 1. The average molecular weight is 311 g/mol. The van der Waals surface area contributed by atoms with Gasteiger partial charge in [0.1, 0.15) is 0 Å². The van der Waals surface area contributed by atoms with E-state index >= 15 is 0 Å². The van der Waals surface area contributed by atoms with Gasteiger partial charge in [-0.15, -0.1) is 0 Å². The Kier molecular flexibility index (Phi) is 6.32. The molecule has 1 saturated heterocycles. The van der Waals surface area contributed by atoms with E-state index in [1.807, 2.05) is 0 Å². The normalized spacial score (nSPS) is 22.5. The summed E-state index contributed by atoms with van der Waals surface area (Å²) in [5, 5.41) is 0. The molecular weight excluding hydrogens is 289 g/mol. The van der Waals surface area contributed by atoms with Crippen molar-refractivity contribution >= 4 is 22.6 Å². The molecule has 0 radical (unpaired) electrons. The minimum absolute atomic E-state index is 0.367. The van der Waals surface area contributed by atoms with Crippen molar-refractivity contribution in [2.24, 2.45) is 5.73 Å². The maximum Gasteiger partial charge on any atom is 0.0165 e. The molecule has 0 saturated carbocycles. The van der Waals surface area contributed by atoms with E-state index in [1.165, 1.54) is 37.2 Å². The third-order valence-corrected chi connectivity index (χ3v) is 3.37. The molecule has 2 N–H and O–H groups in total. The van der Waals surface area contributed by atoms with Crippen LogP contribution in [0, 0.1) is 0 Å². The Morgan fingerprint density at radius 3 is 2.29 bits per heavy atom. The molecule has 1 rings (SSSR count). The highest BCUT2D eigenvalue weighted by molar-refractivity contribution is 14.1. The highest BCUT2D eigenvalue weighted by Gasteiger charge is 2.17. The molecule has 1 aliphatic heterocycles. The summed E-state index contributed by atoms with van der Waals surface area (Å²) < 4.78 is 1.24. The molecule has 84 valence electrons. The van der Waals surface area contributed by atoms with Gasteiger partial charge in [-0.3, -0.25) is 4.90 Å². The predicted octanol–water partition coefficient (Wildman–Crippen LogP) is 0.776. The van der Waals surface area contributed by atoms with Gasteiger partial charge in [-0.05, 0) is 6.42 Å². The molecule has 0 aromatic carbocycles. The van der Waals surface area contributed by atoms with Crippen LogP contribution in [0.25, 0.3) is 0 Å². The molecule has 1 heterocycles. The van der Waals surface area contributed by atoms with Crippen molar-refractivity contribution in [3.63, 3.8) is 0 Å². The fourth-order valence-electron chi connectivity index (χ4n) is 1.78. The SMILES string of the molecule is CCC(N)CN1CCN(CCI)CC1. The van der Waals surface area contributed by atoms with Gasteiger partial charge in [-0.2, -0.15) is 0 Å². The quantitative estimate of drug-likeness (QED) is 0.601. The van der Waals surface area contributed by atoms with Crippen LogP contribution in [0.4, 0.5) is 0 Å². The lowest BCUT2D eigenvalue weighted by molar-refractivity contribution is 0.132. The molecule has 0 amide bonds. The number of rotatable bonds is 5. The molecule has 14 heavy (non-hydrogen) atoms. The maximum absolute atomic E-state index is 5.94. The van der Waals surface area contributed by atoms with Crippen molar-refractivity contribution in [2.45, 2.75) is 19.4 Å². The summed E-state index contributed by atoms with van der Waals surface area (Å²) in [5.41, 5.74) is 5.94. The van der Waals surface area contributed by atoms with E-state index in [2.05, 4.69) is 39.3 Å². The minimum atomic E-state index is 0.367. The summed E-state index contributed by atoms with van der Waals surface area (Å²) in [6.45, 7) is 9.33. The Balaban J connectivity index is 2.15. The van der Waals surface area contributed by atoms with Gasteiger partial charge in [0.05, 0.1) is 0 Å². The number of hydrogen-bond acceptors (Lipinski definition) is 3. The molecule has 0 bridgehead atoms. The number of halogens is 1. The number of nitrogens with two attached hydrogens (primary N) is 1. The van der Waals surface area contributed by atoms with Crippen LogP contribution in [0.3, 0.4) is 0 Å². The Bertz CT molecular complexity index is 146. The maximum atomic E-state index is 5.94. The standard InChI is InChI=1S/C10H22IN3/c1-2-10(12)9-14-7-5-13(4-3-11)6-8-14/h10H,2-9,12H2,1H3. The zero-order valence-electron chi connectivity index (χ0n) is 9.08. The Morgan fingerprint density at radius 2 is 1.79 bits per heavy atom. The topological polar surface area (TPSA) is 32.5 Å². The molecule has 0 aromatic heterocycles. The molecule has 1 aliphatic rings. The Labute approximate surface area is 101 Å². The van der Waals surface area contributed by atoms with E-state index in [0.29, 0.717) is 6.04 Å². The molecule has 0 aromatic rings. The monoisotopic (exact) mass is 311 g/mol. The largest absolute Gasteiger partial charge is 0.327 e. The molecule has 3 nitrogen and oxygen atoms in total. The lowest BCUT2D eigenvalue weighted by Crippen LogP contribution is -2.50. The molecule has 0 aliphatic carbocycles. The van der Waals surface area contributed by atoms with Crippen molar-refractivity contribution in [3.05, 3.63) is 0 Å². The molecule has 1 unspecified atom stereocenters. The second-order valence-corrected chi connectivity index (χ2v) is 5.08. The van der Waals surface area contributed by atoms with Gasteiger partial charge in [-0.25, -0.2) is 0 Å². The number of hydrogen-bond donors (Lipinski definition) is 1. The predicted molar refractivity (Wildman–Crippen MR) is 70.0 cm³/mol. The minimum Gasteiger partial charge on any atom is -0.327 e. The van der Waals surface area contributed by atoms with E-state index in [0.717, 1.165) is 13.0 Å². The smallest absolute Gasteiger partial charge is 0.0165 e. The molecule has 4 heteroatoms. The van der Waals surface area contributed by atoms with Crippen molar-refractivity contribution in [2.75, 3.05) is 43.7 Å². The molecular formula is C10H22IN3.